The Morgan fingerprint density at radius 3 is 2.36 bits per heavy atom. The molecule has 0 bridgehead atoms. The van der Waals surface area contributed by atoms with Gasteiger partial charge >= 0.3 is 5.91 Å². The van der Waals surface area contributed by atoms with Crippen molar-refractivity contribution in [1.82, 2.24) is 10.2 Å². The maximum absolute atomic E-state index is 13.6. The number of rotatable bonds is 10. The normalized spacial score (nSPS) is 16.2. The number of hydrogen-bond acceptors (Lipinski definition) is 9. The van der Waals surface area contributed by atoms with Crippen LogP contribution in [-0.2, 0) is 15.3 Å². The van der Waals surface area contributed by atoms with Crippen molar-refractivity contribution in [3.8, 4) is 11.5 Å². The molecule has 216 valence electrons. The molecule has 1 fully saturated rings. The number of aromatic nitrogens is 2. The van der Waals surface area contributed by atoms with Crippen molar-refractivity contribution >= 4 is 57.3 Å². The van der Waals surface area contributed by atoms with E-state index in [1.54, 1.807) is 30.3 Å². The summed E-state index contributed by atoms with van der Waals surface area (Å²) in [4.78, 5) is 28.4. The van der Waals surface area contributed by atoms with Crippen LogP contribution in [0.1, 0.15) is 42.1 Å². The van der Waals surface area contributed by atoms with E-state index in [0.717, 1.165) is 11.1 Å². The van der Waals surface area contributed by atoms with Crippen LogP contribution in [-0.4, -0.2) is 40.2 Å². The Kier molecular flexibility index (Phi) is 9.15. The van der Waals surface area contributed by atoms with Crippen LogP contribution in [0, 0.1) is 6.92 Å². The van der Waals surface area contributed by atoms with Gasteiger partial charge in [-0.3, -0.25) is 14.5 Å². The summed E-state index contributed by atoms with van der Waals surface area (Å²) >= 11 is 8.66. The Morgan fingerprint density at radius 2 is 1.67 bits per heavy atom. The summed E-state index contributed by atoms with van der Waals surface area (Å²) in [7, 11) is 0. The third kappa shape index (κ3) is 6.16. The van der Waals surface area contributed by atoms with Gasteiger partial charge in [-0.2, -0.15) is 0 Å². The molecule has 1 saturated heterocycles. The number of ketones is 1. The zero-order valence-corrected chi connectivity index (χ0v) is 25.6. The smallest absolute Gasteiger partial charge is 0.301 e. The first-order valence-electron chi connectivity index (χ1n) is 13.3. The molecule has 0 radical (unpaired) electrons. The van der Waals surface area contributed by atoms with Gasteiger partial charge in [0.05, 0.1) is 24.8 Å². The summed E-state index contributed by atoms with van der Waals surface area (Å²) in [6.07, 6.45) is 0. The molecule has 8 nitrogen and oxygen atoms in total. The van der Waals surface area contributed by atoms with E-state index in [1.807, 2.05) is 57.2 Å². The number of carbonyl (C=O) groups excluding carboxylic acids is 2. The maximum atomic E-state index is 13.6. The van der Waals surface area contributed by atoms with Gasteiger partial charge in [-0.15, -0.1) is 10.2 Å². The molecule has 11 heteroatoms. The van der Waals surface area contributed by atoms with Crippen LogP contribution in [0.5, 0.6) is 11.5 Å². The number of anilines is 1. The molecule has 1 N–H and O–H groups in total. The van der Waals surface area contributed by atoms with Gasteiger partial charge in [-0.25, -0.2) is 0 Å². The Hall–Kier alpha value is -3.86. The molecule has 42 heavy (non-hydrogen) atoms. The van der Waals surface area contributed by atoms with Crippen molar-refractivity contribution < 1.29 is 24.2 Å². The Morgan fingerprint density at radius 1 is 0.976 bits per heavy atom. The highest BCUT2D eigenvalue weighted by atomic mass is 35.5. The first-order chi connectivity index (χ1) is 20.3. The van der Waals surface area contributed by atoms with E-state index in [1.165, 1.54) is 28.0 Å². The fourth-order valence-electron chi connectivity index (χ4n) is 4.53. The number of hydrogen-bond donors (Lipinski definition) is 1. The predicted molar refractivity (Wildman–Crippen MR) is 166 cm³/mol. The lowest BCUT2D eigenvalue weighted by atomic mass is 9.95. The van der Waals surface area contributed by atoms with Crippen LogP contribution in [0.15, 0.2) is 76.6 Å². The molecule has 0 saturated carbocycles. The summed E-state index contributed by atoms with van der Waals surface area (Å²) < 4.78 is 12.2. The third-order valence-corrected chi connectivity index (χ3v) is 8.91. The number of aliphatic hydroxyl groups excluding tert-OH is 1. The second-order valence-corrected chi connectivity index (χ2v) is 12.0. The third-order valence-electron chi connectivity index (χ3n) is 6.53. The highest BCUT2D eigenvalue weighted by Gasteiger charge is 2.48. The molecule has 1 amide bonds. The molecular weight excluding hydrogens is 594 g/mol. The minimum absolute atomic E-state index is 0.0407. The zero-order chi connectivity index (χ0) is 29.8. The number of nitrogens with zero attached hydrogens (tertiary/aromatic N) is 3. The first kappa shape index (κ1) is 29.6. The number of thioether (sulfide) groups is 1. The van der Waals surface area contributed by atoms with Gasteiger partial charge in [-0.05, 0) is 56.2 Å². The van der Waals surface area contributed by atoms with Crippen LogP contribution in [0.4, 0.5) is 5.13 Å². The molecule has 0 aliphatic carbocycles. The average Bonchev–Trinajstić information content (AvgIpc) is 3.56. The van der Waals surface area contributed by atoms with E-state index in [9.17, 15) is 14.7 Å². The fourth-order valence-corrected chi connectivity index (χ4v) is 6.48. The van der Waals surface area contributed by atoms with Crippen LogP contribution in [0.3, 0.4) is 0 Å². The lowest BCUT2D eigenvalue weighted by Crippen LogP contribution is -2.29. The average molecular weight is 622 g/mol. The second kappa shape index (κ2) is 13.0. The highest BCUT2D eigenvalue weighted by Crippen LogP contribution is 2.45. The monoisotopic (exact) mass is 621 g/mol. The summed E-state index contributed by atoms with van der Waals surface area (Å²) in [6, 6.07) is 18.9. The van der Waals surface area contributed by atoms with Crippen LogP contribution < -0.4 is 14.4 Å². The maximum Gasteiger partial charge on any atom is 0.301 e. The molecule has 1 aromatic heterocycles. The lowest BCUT2D eigenvalue weighted by Gasteiger charge is -2.23. The van der Waals surface area contributed by atoms with Gasteiger partial charge in [0.25, 0.3) is 5.78 Å². The van der Waals surface area contributed by atoms with Gasteiger partial charge < -0.3 is 14.6 Å². The molecule has 1 unspecified atom stereocenters. The molecule has 1 aliphatic rings. The zero-order valence-electron chi connectivity index (χ0n) is 23.2. The van der Waals surface area contributed by atoms with Gasteiger partial charge in [-0.1, -0.05) is 82.7 Å². The Bertz CT molecular complexity index is 1640. The van der Waals surface area contributed by atoms with E-state index in [-0.39, 0.29) is 16.5 Å². The fraction of sp³-hybridized carbons (Fsp3) is 0.226. The van der Waals surface area contributed by atoms with Crippen LogP contribution in [0.2, 0.25) is 5.02 Å². The van der Waals surface area contributed by atoms with Gasteiger partial charge in [0.15, 0.2) is 15.8 Å². The van der Waals surface area contributed by atoms with Gasteiger partial charge in [0.1, 0.15) is 5.76 Å². The highest BCUT2D eigenvalue weighted by molar-refractivity contribution is 8.00. The molecule has 5 rings (SSSR count). The molecule has 2 heterocycles. The molecular formula is C31H28ClN3O5S2. The minimum atomic E-state index is -0.969. The van der Waals surface area contributed by atoms with E-state index < -0.39 is 17.7 Å². The van der Waals surface area contributed by atoms with Crippen molar-refractivity contribution in [3.05, 3.63) is 99.6 Å². The molecule has 1 aliphatic heterocycles. The van der Waals surface area contributed by atoms with Crippen LogP contribution in [0.25, 0.3) is 5.76 Å². The molecule has 4 aromatic rings. The number of Topliss-reactive ketones (excluding diaryl/α,β-unsaturated/α-hetero) is 1. The number of aliphatic hydroxyl groups is 1. The van der Waals surface area contributed by atoms with Crippen molar-refractivity contribution in [2.45, 2.75) is 36.9 Å². The molecule has 0 spiro atoms. The molecule has 3 aromatic carbocycles. The van der Waals surface area contributed by atoms with Crippen LogP contribution >= 0.6 is 34.7 Å². The number of amides is 1. The van der Waals surface area contributed by atoms with E-state index >= 15 is 0 Å². The van der Waals surface area contributed by atoms with E-state index in [0.29, 0.717) is 51.0 Å². The van der Waals surface area contributed by atoms with Crippen molar-refractivity contribution in [2.75, 3.05) is 18.1 Å². The molecule has 1 atom stereocenters. The summed E-state index contributed by atoms with van der Waals surface area (Å²) in [5.41, 5.74) is 2.99. The lowest BCUT2D eigenvalue weighted by molar-refractivity contribution is -0.132. The minimum Gasteiger partial charge on any atom is -0.507 e. The summed E-state index contributed by atoms with van der Waals surface area (Å²) in [5, 5.41) is 20.9. The SMILES string of the molecule is CCOc1ccc(C2/C(=C(\O)c3ccc(C)cc3)C(=O)C(=O)N2c2nnc(SCc3ccc(Cl)cc3)s2)cc1OCC. The number of ether oxygens (including phenoxy) is 2. The largest absolute Gasteiger partial charge is 0.507 e. The summed E-state index contributed by atoms with van der Waals surface area (Å²) in [5.74, 6) is -0.251. The predicted octanol–water partition coefficient (Wildman–Crippen LogP) is 7.22. The number of halogens is 1. The van der Waals surface area contributed by atoms with Gasteiger partial charge in [0.2, 0.25) is 5.13 Å². The first-order valence-corrected chi connectivity index (χ1v) is 15.5. The van der Waals surface area contributed by atoms with Crippen molar-refractivity contribution in [1.29, 1.82) is 0 Å². The quantitative estimate of drug-likeness (QED) is 0.0651. The van der Waals surface area contributed by atoms with E-state index in [4.69, 9.17) is 21.1 Å². The Labute approximate surface area is 257 Å². The van der Waals surface area contributed by atoms with Crippen molar-refractivity contribution in [3.63, 3.8) is 0 Å². The topological polar surface area (TPSA) is 102 Å². The number of benzene rings is 3. The number of carbonyl (C=O) groups is 2. The Balaban J connectivity index is 1.57. The van der Waals surface area contributed by atoms with E-state index in [2.05, 4.69) is 10.2 Å². The standard InChI is InChI=1S/C31H28ClN3O5S2/c1-4-39-23-15-12-21(16-24(23)40-5-2)26-25(27(36)20-10-6-18(3)7-11-20)28(37)29(38)35(26)30-33-34-31(42-30)41-17-19-8-13-22(32)14-9-19/h6-16,26,36H,4-5,17H2,1-3H3/b27-25+. The van der Waals surface area contributed by atoms with Crippen molar-refractivity contribution in [2.24, 2.45) is 0 Å². The summed E-state index contributed by atoms with van der Waals surface area (Å²) in [6.45, 7) is 6.48. The second-order valence-electron chi connectivity index (χ2n) is 9.37. The van der Waals surface area contributed by atoms with Gasteiger partial charge in [0, 0.05) is 16.3 Å². The number of aryl methyl sites for hydroxylation is 1.